The Morgan fingerprint density at radius 2 is 1.97 bits per heavy atom. The highest BCUT2D eigenvalue weighted by atomic mass is 16.5. The van der Waals surface area contributed by atoms with E-state index < -0.39 is 0 Å². The zero-order chi connectivity index (χ0) is 22.6. The lowest BCUT2D eigenvalue weighted by Crippen LogP contribution is -2.29. The number of hydrogen-bond donors (Lipinski definition) is 2. The summed E-state index contributed by atoms with van der Waals surface area (Å²) < 4.78 is 12.8. The monoisotopic (exact) mass is 442 g/mol. The van der Waals surface area contributed by atoms with Gasteiger partial charge in [0, 0.05) is 18.2 Å². The van der Waals surface area contributed by atoms with Gasteiger partial charge in [0.05, 0.1) is 18.5 Å². The number of para-hydroxylation sites is 1. The van der Waals surface area contributed by atoms with Crippen LogP contribution in [0, 0.1) is 0 Å². The predicted molar refractivity (Wildman–Crippen MR) is 122 cm³/mol. The number of benzene rings is 2. The van der Waals surface area contributed by atoms with E-state index in [1.54, 1.807) is 29.1 Å². The number of anilines is 1. The molecule has 1 aliphatic heterocycles. The smallest absolute Gasteiger partial charge is 0.270 e. The Morgan fingerprint density at radius 1 is 1.09 bits per heavy atom. The Balaban J connectivity index is 1.25. The largest absolute Gasteiger partial charge is 0.492 e. The molecule has 0 spiro atoms. The molecule has 0 radical (unpaired) electrons. The fourth-order valence-electron chi connectivity index (χ4n) is 3.73. The zero-order valence-electron chi connectivity index (χ0n) is 17.8. The summed E-state index contributed by atoms with van der Waals surface area (Å²) >= 11 is 0. The molecule has 2 amide bonds. The Bertz CT molecular complexity index is 1280. The van der Waals surface area contributed by atoms with Crippen LogP contribution in [-0.2, 0) is 11.2 Å². The Kier molecular flexibility index (Phi) is 5.63. The van der Waals surface area contributed by atoms with Gasteiger partial charge in [-0.2, -0.15) is 5.10 Å². The lowest BCUT2D eigenvalue weighted by atomic mass is 10.0. The topological polar surface area (TPSA) is 98.4 Å². The molecule has 2 N–H and O–H groups in total. The fraction of sp³-hybridized carbons (Fsp3) is 0.160. The van der Waals surface area contributed by atoms with Crippen molar-refractivity contribution in [1.82, 2.24) is 15.1 Å². The molecule has 2 aromatic carbocycles. The molecule has 0 atom stereocenters. The molecular weight excluding hydrogens is 420 g/mol. The maximum absolute atomic E-state index is 13.0. The normalized spacial score (nSPS) is 12.7. The number of amides is 2. The van der Waals surface area contributed by atoms with Crippen LogP contribution in [0.4, 0.5) is 5.69 Å². The van der Waals surface area contributed by atoms with Crippen LogP contribution in [0.3, 0.4) is 0 Å². The summed E-state index contributed by atoms with van der Waals surface area (Å²) in [7, 11) is 0. The van der Waals surface area contributed by atoms with Crippen molar-refractivity contribution in [2.45, 2.75) is 12.8 Å². The summed E-state index contributed by atoms with van der Waals surface area (Å²) in [5.41, 5.74) is 3.63. The van der Waals surface area contributed by atoms with Gasteiger partial charge in [0.1, 0.15) is 23.7 Å². The number of carbonyl (C=O) groups excluding carboxylic acids is 2. The molecule has 0 unspecified atom stereocenters. The van der Waals surface area contributed by atoms with Crippen molar-refractivity contribution in [3.8, 4) is 22.9 Å². The number of rotatable bonds is 7. The van der Waals surface area contributed by atoms with Crippen molar-refractivity contribution in [1.29, 1.82) is 0 Å². The number of aromatic nitrogens is 2. The van der Waals surface area contributed by atoms with Gasteiger partial charge in [-0.25, -0.2) is 4.68 Å². The number of hydrogen-bond acceptors (Lipinski definition) is 5. The van der Waals surface area contributed by atoms with Crippen molar-refractivity contribution in [3.05, 3.63) is 84.3 Å². The third-order valence-electron chi connectivity index (χ3n) is 5.34. The van der Waals surface area contributed by atoms with Gasteiger partial charge >= 0.3 is 0 Å². The van der Waals surface area contributed by atoms with Gasteiger partial charge in [0.15, 0.2) is 5.76 Å². The highest BCUT2D eigenvalue weighted by Gasteiger charge is 2.19. The summed E-state index contributed by atoms with van der Waals surface area (Å²) in [5, 5.41) is 10.3. The van der Waals surface area contributed by atoms with Gasteiger partial charge in [-0.3, -0.25) is 9.59 Å². The molecular formula is C25H22N4O4. The molecule has 0 fully saturated rings. The van der Waals surface area contributed by atoms with Crippen molar-refractivity contribution >= 4 is 17.5 Å². The Labute approximate surface area is 190 Å². The zero-order valence-corrected chi connectivity index (χ0v) is 17.8. The van der Waals surface area contributed by atoms with Gasteiger partial charge < -0.3 is 19.8 Å². The summed E-state index contributed by atoms with van der Waals surface area (Å²) in [6.45, 7) is 0.629. The van der Waals surface area contributed by atoms with Gasteiger partial charge in [-0.1, -0.05) is 18.2 Å². The third kappa shape index (κ3) is 4.50. The lowest BCUT2D eigenvalue weighted by molar-refractivity contribution is -0.116. The SMILES string of the molecule is O=C1CCc2cc(OCCNC(=O)c3cc(-c4ccco4)nn3-c3ccccc3)ccc2N1. The number of furan rings is 1. The van der Waals surface area contributed by atoms with E-state index in [9.17, 15) is 9.59 Å². The molecule has 8 nitrogen and oxygen atoms in total. The third-order valence-corrected chi connectivity index (χ3v) is 5.34. The highest BCUT2D eigenvalue weighted by Crippen LogP contribution is 2.27. The van der Waals surface area contributed by atoms with Crippen LogP contribution in [0.5, 0.6) is 5.75 Å². The average Bonchev–Trinajstić information content (AvgIpc) is 3.52. The van der Waals surface area contributed by atoms with Crippen molar-refractivity contribution in [2.24, 2.45) is 0 Å². The maximum atomic E-state index is 13.0. The average molecular weight is 442 g/mol. The molecule has 33 heavy (non-hydrogen) atoms. The molecule has 1 aliphatic rings. The van der Waals surface area contributed by atoms with Gasteiger partial charge in [0.25, 0.3) is 5.91 Å². The van der Waals surface area contributed by atoms with Crippen molar-refractivity contribution < 1.29 is 18.7 Å². The van der Waals surface area contributed by atoms with E-state index in [2.05, 4.69) is 15.7 Å². The van der Waals surface area contributed by atoms with Crippen LogP contribution in [-0.4, -0.2) is 34.7 Å². The minimum atomic E-state index is -0.263. The molecule has 2 aromatic heterocycles. The van der Waals surface area contributed by atoms with Crippen molar-refractivity contribution in [3.63, 3.8) is 0 Å². The van der Waals surface area contributed by atoms with Crippen LogP contribution in [0.15, 0.2) is 77.4 Å². The number of aryl methyl sites for hydroxylation is 1. The predicted octanol–water partition coefficient (Wildman–Crippen LogP) is 3.83. The minimum Gasteiger partial charge on any atom is -0.492 e. The van der Waals surface area contributed by atoms with E-state index in [1.807, 2.05) is 48.5 Å². The quantitative estimate of drug-likeness (QED) is 0.424. The number of nitrogens with zero attached hydrogens (tertiary/aromatic N) is 2. The second-order valence-electron chi connectivity index (χ2n) is 7.61. The first-order valence-corrected chi connectivity index (χ1v) is 10.7. The standard InChI is InChI=1S/C25H22N4O4/c30-24-11-8-17-15-19(9-10-20(17)27-24)32-14-12-26-25(31)22-16-21(23-7-4-13-33-23)28-29(22)18-5-2-1-3-6-18/h1-7,9-10,13,15-16H,8,11-12,14H2,(H,26,31)(H,27,30). The molecule has 5 rings (SSSR count). The maximum Gasteiger partial charge on any atom is 0.270 e. The fourth-order valence-corrected chi connectivity index (χ4v) is 3.73. The Morgan fingerprint density at radius 3 is 2.79 bits per heavy atom. The number of nitrogens with one attached hydrogen (secondary N) is 2. The van der Waals surface area contributed by atoms with Crippen molar-refractivity contribution in [2.75, 3.05) is 18.5 Å². The molecule has 8 heteroatoms. The summed E-state index contributed by atoms with van der Waals surface area (Å²) in [4.78, 5) is 24.4. The van der Waals surface area contributed by atoms with Crippen LogP contribution >= 0.6 is 0 Å². The summed E-state index contributed by atoms with van der Waals surface area (Å²) in [5.74, 6) is 1.06. The molecule has 4 aromatic rings. The van der Waals surface area contributed by atoms with Crippen LogP contribution in [0.1, 0.15) is 22.5 Å². The van der Waals surface area contributed by atoms with Gasteiger partial charge in [-0.05, 0) is 54.4 Å². The van der Waals surface area contributed by atoms with E-state index in [1.165, 1.54) is 0 Å². The molecule has 0 bridgehead atoms. The Hall–Kier alpha value is -4.33. The van der Waals surface area contributed by atoms with Crippen LogP contribution in [0.2, 0.25) is 0 Å². The van der Waals surface area contributed by atoms with E-state index in [4.69, 9.17) is 9.15 Å². The molecule has 0 saturated heterocycles. The molecule has 0 aliphatic carbocycles. The van der Waals surface area contributed by atoms with E-state index in [0.717, 1.165) is 16.9 Å². The summed E-state index contributed by atoms with van der Waals surface area (Å²) in [6, 6.07) is 20.3. The van der Waals surface area contributed by atoms with E-state index in [0.29, 0.717) is 48.9 Å². The first kappa shape index (κ1) is 20.6. The van der Waals surface area contributed by atoms with Gasteiger partial charge in [-0.15, -0.1) is 0 Å². The number of ether oxygens (including phenoxy) is 1. The second-order valence-corrected chi connectivity index (χ2v) is 7.61. The van der Waals surface area contributed by atoms with Gasteiger partial charge in [0.2, 0.25) is 5.91 Å². The highest BCUT2D eigenvalue weighted by molar-refractivity contribution is 5.94. The number of carbonyl (C=O) groups is 2. The van der Waals surface area contributed by atoms with Crippen LogP contribution in [0.25, 0.3) is 17.1 Å². The first-order chi connectivity index (χ1) is 16.2. The first-order valence-electron chi connectivity index (χ1n) is 10.7. The summed E-state index contributed by atoms with van der Waals surface area (Å²) in [6.07, 6.45) is 2.74. The van der Waals surface area contributed by atoms with E-state index >= 15 is 0 Å². The number of fused-ring (bicyclic) bond motifs is 1. The minimum absolute atomic E-state index is 0.0313. The van der Waals surface area contributed by atoms with Crippen LogP contribution < -0.4 is 15.4 Å². The lowest BCUT2D eigenvalue weighted by Gasteiger charge is -2.17. The second kappa shape index (κ2) is 9.04. The molecule has 0 saturated carbocycles. The van der Waals surface area contributed by atoms with E-state index in [-0.39, 0.29) is 11.8 Å². The molecule has 166 valence electrons. The molecule has 3 heterocycles.